The van der Waals surface area contributed by atoms with E-state index < -0.39 is 21.0 Å². The molecule has 5 N–H and O–H groups in total. The topological polar surface area (TPSA) is 159 Å². The third-order valence-electron chi connectivity index (χ3n) is 4.58. The van der Waals surface area contributed by atoms with Gasteiger partial charge in [-0.15, -0.1) is 0 Å². The molecule has 0 fully saturated rings. The molecular weight excluding hydrogens is 396 g/mol. The molecule has 1 aliphatic carbocycles. The molecular formula is C20H14N2O6S. The lowest BCUT2D eigenvalue weighted by atomic mass is 9.90. The second-order valence-corrected chi connectivity index (χ2v) is 7.71. The van der Waals surface area contributed by atoms with E-state index in [0.717, 1.165) is 0 Å². The van der Waals surface area contributed by atoms with E-state index in [-0.39, 0.29) is 27.8 Å². The Labute approximate surface area is 164 Å². The maximum Gasteiger partial charge on any atom is 0.336 e. The van der Waals surface area contributed by atoms with Crippen molar-refractivity contribution >= 4 is 32.7 Å². The number of carboxylic acids is 1. The van der Waals surface area contributed by atoms with Crippen LogP contribution in [0.25, 0.3) is 33.4 Å². The highest BCUT2D eigenvalue weighted by molar-refractivity contribution is 7.85. The van der Waals surface area contributed by atoms with Crippen molar-refractivity contribution in [3.05, 3.63) is 65.5 Å². The summed E-state index contributed by atoms with van der Waals surface area (Å²) in [6.07, 6.45) is 0. The number of carboxylic acid groups (broad SMARTS) is 1. The molecule has 1 heterocycles. The quantitative estimate of drug-likeness (QED) is 0.258. The summed E-state index contributed by atoms with van der Waals surface area (Å²) in [7, 11) is -4.98. The molecule has 8 nitrogen and oxygen atoms in total. The zero-order valence-corrected chi connectivity index (χ0v) is 15.6. The van der Waals surface area contributed by atoms with Gasteiger partial charge >= 0.3 is 5.97 Å². The number of rotatable bonds is 3. The van der Waals surface area contributed by atoms with Crippen LogP contribution in [0.3, 0.4) is 0 Å². The number of hydrogen-bond acceptors (Lipinski definition) is 6. The van der Waals surface area contributed by atoms with Gasteiger partial charge in [0.05, 0.1) is 5.56 Å². The molecule has 29 heavy (non-hydrogen) atoms. The van der Waals surface area contributed by atoms with Gasteiger partial charge in [0, 0.05) is 34.3 Å². The van der Waals surface area contributed by atoms with E-state index in [4.69, 9.17) is 15.6 Å². The highest BCUT2D eigenvalue weighted by Gasteiger charge is 2.27. The largest absolute Gasteiger partial charge is 0.744 e. The van der Waals surface area contributed by atoms with Crippen molar-refractivity contribution in [2.75, 3.05) is 5.73 Å². The van der Waals surface area contributed by atoms with Gasteiger partial charge in [0.15, 0.2) is 10.7 Å². The summed E-state index contributed by atoms with van der Waals surface area (Å²) >= 11 is 0. The van der Waals surface area contributed by atoms with Gasteiger partial charge in [0.25, 0.3) is 0 Å². The molecule has 0 amide bonds. The summed E-state index contributed by atoms with van der Waals surface area (Å²) in [6.45, 7) is 0. The Balaban J connectivity index is 2.29. The fourth-order valence-electron chi connectivity index (χ4n) is 3.40. The summed E-state index contributed by atoms with van der Waals surface area (Å²) < 4.78 is 41.4. The molecule has 0 spiro atoms. The maximum absolute atomic E-state index is 11.9. The number of fused-ring (bicyclic) bond motifs is 2. The Hall–Kier alpha value is -3.69. The number of nitrogen functional groups attached to an aromatic ring is 1. The van der Waals surface area contributed by atoms with Crippen LogP contribution in [0.2, 0.25) is 0 Å². The van der Waals surface area contributed by atoms with Crippen LogP contribution >= 0.6 is 0 Å². The van der Waals surface area contributed by atoms with Gasteiger partial charge in [-0.3, -0.25) is 5.41 Å². The van der Waals surface area contributed by atoms with E-state index in [0.29, 0.717) is 22.2 Å². The van der Waals surface area contributed by atoms with Crippen molar-refractivity contribution < 1.29 is 32.7 Å². The first-order valence-corrected chi connectivity index (χ1v) is 9.75. The molecule has 2 aromatic carbocycles. The van der Waals surface area contributed by atoms with Crippen molar-refractivity contribution in [3.63, 3.8) is 0 Å². The molecule has 0 aromatic heterocycles. The molecule has 1 aliphatic heterocycles. The first-order valence-electron chi connectivity index (χ1n) is 8.34. The first kappa shape index (κ1) is 18.7. The average molecular weight is 410 g/mol. The van der Waals surface area contributed by atoms with Crippen molar-refractivity contribution in [1.29, 1.82) is 0 Å². The van der Waals surface area contributed by atoms with Crippen molar-refractivity contribution in [3.8, 4) is 22.5 Å². The summed E-state index contributed by atoms with van der Waals surface area (Å²) in [4.78, 5) is 11.1. The Kier molecular flexibility index (Phi) is 4.14. The molecule has 2 aliphatic rings. The van der Waals surface area contributed by atoms with Gasteiger partial charge in [0.1, 0.15) is 15.7 Å². The van der Waals surface area contributed by atoms with Crippen LogP contribution in [-0.2, 0) is 10.1 Å². The van der Waals surface area contributed by atoms with E-state index in [9.17, 15) is 22.9 Å². The standard InChI is InChI=1S/C20H14N2O6S/c21-10-5-6-13-16(9-10)28-18-14(7-8-15(22)19(18)29(25,26)27)17(13)11-3-1-2-4-12(11)20(23)24/h1-9,22H,21H2,(H,23,24)(H,25,26,27). The lowest BCUT2D eigenvalue weighted by molar-refractivity contribution is -0.176. The predicted octanol–water partition coefficient (Wildman–Crippen LogP) is 1.05. The molecule has 0 bridgehead atoms. The summed E-state index contributed by atoms with van der Waals surface area (Å²) in [5.74, 6) is -1.42. The highest BCUT2D eigenvalue weighted by atomic mass is 32.2. The van der Waals surface area contributed by atoms with Gasteiger partial charge in [-0.25, -0.2) is 13.2 Å². The smallest absolute Gasteiger partial charge is 0.336 e. The van der Waals surface area contributed by atoms with Gasteiger partial charge in [-0.1, -0.05) is 18.2 Å². The van der Waals surface area contributed by atoms with Crippen molar-refractivity contribution in [1.82, 2.24) is 0 Å². The highest BCUT2D eigenvalue weighted by Crippen LogP contribution is 2.43. The number of anilines is 1. The maximum atomic E-state index is 11.9. The molecule has 0 saturated heterocycles. The lowest BCUT2D eigenvalue weighted by Gasteiger charge is -2.19. The zero-order chi connectivity index (χ0) is 20.9. The Morgan fingerprint density at radius 2 is 1.79 bits per heavy atom. The van der Waals surface area contributed by atoms with E-state index >= 15 is 0 Å². The predicted molar refractivity (Wildman–Crippen MR) is 103 cm³/mol. The fourth-order valence-corrected chi connectivity index (χ4v) is 4.13. The minimum Gasteiger partial charge on any atom is -0.744 e. The van der Waals surface area contributed by atoms with E-state index in [1.807, 2.05) is 0 Å². The number of hydrogen-bond donors (Lipinski definition) is 3. The zero-order valence-electron chi connectivity index (χ0n) is 14.7. The van der Waals surface area contributed by atoms with Gasteiger partial charge in [-0.05, 0) is 29.8 Å². The van der Waals surface area contributed by atoms with E-state index in [1.54, 1.807) is 30.3 Å². The summed E-state index contributed by atoms with van der Waals surface area (Å²) in [6, 6.07) is 13.7. The Morgan fingerprint density at radius 1 is 1.07 bits per heavy atom. The van der Waals surface area contributed by atoms with Gasteiger partial charge in [0.2, 0.25) is 5.36 Å². The van der Waals surface area contributed by atoms with Gasteiger partial charge < -0.3 is 19.8 Å². The third kappa shape index (κ3) is 3.02. The molecule has 0 atom stereocenters. The monoisotopic (exact) mass is 410 g/mol. The molecule has 2 aromatic rings. The normalized spacial score (nSPS) is 11.8. The molecule has 0 saturated carbocycles. The minimum absolute atomic E-state index is 0.00137. The van der Waals surface area contributed by atoms with E-state index in [2.05, 4.69) is 0 Å². The average Bonchev–Trinajstić information content (AvgIpc) is 2.64. The van der Waals surface area contributed by atoms with Crippen LogP contribution in [0.4, 0.5) is 5.69 Å². The lowest BCUT2D eigenvalue weighted by Crippen LogP contribution is -2.47. The second-order valence-electron chi connectivity index (χ2n) is 6.40. The summed E-state index contributed by atoms with van der Waals surface area (Å²) in [5, 5.41) is 15.6. The van der Waals surface area contributed by atoms with Crippen LogP contribution < -0.4 is 16.5 Å². The van der Waals surface area contributed by atoms with Crippen LogP contribution in [0, 0.1) is 0 Å². The number of aromatic carboxylic acids is 1. The number of benzene rings is 3. The van der Waals surface area contributed by atoms with Gasteiger partial charge in [-0.2, -0.15) is 0 Å². The fraction of sp³-hybridized carbons (Fsp3) is 0. The summed E-state index contributed by atoms with van der Waals surface area (Å²) in [5.41, 5.74) is 7.31. The van der Waals surface area contributed by atoms with Crippen LogP contribution in [-0.4, -0.2) is 24.0 Å². The molecule has 0 unspecified atom stereocenters. The molecule has 9 heteroatoms. The van der Waals surface area contributed by atoms with Crippen LogP contribution in [0.1, 0.15) is 10.4 Å². The third-order valence-corrected chi connectivity index (χ3v) is 5.50. The van der Waals surface area contributed by atoms with Crippen molar-refractivity contribution in [2.24, 2.45) is 0 Å². The molecule has 4 rings (SSSR count). The van der Waals surface area contributed by atoms with Crippen LogP contribution in [0.15, 0.2) is 63.9 Å². The SMILES string of the molecule is Nc1ccc2c(-c3ccccc3C(=O)O)c3ccc(=[NH2+])c(S(=O)(=O)[O-])c-3oc2c1. The number of nitrogens with two attached hydrogens (primary N) is 2. The second kappa shape index (κ2) is 6.43. The Bertz CT molecular complexity index is 1440. The first-order chi connectivity index (χ1) is 13.7. The molecule has 146 valence electrons. The van der Waals surface area contributed by atoms with E-state index in [1.165, 1.54) is 24.3 Å². The Morgan fingerprint density at radius 3 is 2.48 bits per heavy atom. The number of carbonyl (C=O) groups is 1. The van der Waals surface area contributed by atoms with Crippen molar-refractivity contribution in [2.45, 2.75) is 4.90 Å². The minimum atomic E-state index is -4.98. The van der Waals surface area contributed by atoms with Crippen LogP contribution in [0.5, 0.6) is 0 Å². The molecule has 0 radical (unpaired) electrons.